The molecule has 0 aromatic heterocycles. The highest BCUT2D eigenvalue weighted by Crippen LogP contribution is 2.37. The van der Waals surface area contributed by atoms with Crippen LogP contribution in [0.15, 0.2) is 18.2 Å². The van der Waals surface area contributed by atoms with E-state index in [1.807, 2.05) is 0 Å². The quantitative estimate of drug-likeness (QED) is 0.671. The summed E-state index contributed by atoms with van der Waals surface area (Å²) in [5, 5.41) is 14.1. The molecule has 2 rings (SSSR count). The number of nitrogens with zero attached hydrogens (tertiary/aromatic N) is 1. The van der Waals surface area contributed by atoms with E-state index in [4.69, 9.17) is 0 Å². The summed E-state index contributed by atoms with van der Waals surface area (Å²) >= 11 is 0. The van der Waals surface area contributed by atoms with E-state index in [1.165, 1.54) is 25.0 Å². The van der Waals surface area contributed by atoms with E-state index in [0.29, 0.717) is 18.2 Å². The largest absolute Gasteiger partial charge is 0.309 e. The van der Waals surface area contributed by atoms with Gasteiger partial charge in [0.05, 0.1) is 11.0 Å². The Morgan fingerprint density at radius 1 is 1.47 bits per heavy atom. The normalized spacial score (nSPS) is 21.5. The van der Waals surface area contributed by atoms with Gasteiger partial charge in [0.15, 0.2) is 0 Å². The van der Waals surface area contributed by atoms with Gasteiger partial charge in [0.25, 0.3) is 5.69 Å². The Kier molecular flexibility index (Phi) is 3.85. The lowest BCUT2D eigenvalue weighted by Crippen LogP contribution is -2.37. The molecule has 5 heteroatoms. The van der Waals surface area contributed by atoms with Gasteiger partial charge in [-0.2, -0.15) is 0 Å². The molecule has 0 heterocycles. The maximum atomic E-state index is 13.3. The SMILES string of the molecule is CC1(C)CCCC1NCc1cc(F)cc([N+](=O)[O-])c1. The molecule has 0 aliphatic heterocycles. The minimum Gasteiger partial charge on any atom is -0.309 e. The monoisotopic (exact) mass is 266 g/mol. The molecular weight excluding hydrogens is 247 g/mol. The van der Waals surface area contributed by atoms with Crippen molar-refractivity contribution in [2.45, 2.75) is 45.7 Å². The van der Waals surface area contributed by atoms with Gasteiger partial charge in [0, 0.05) is 18.7 Å². The van der Waals surface area contributed by atoms with Crippen LogP contribution in [0.1, 0.15) is 38.7 Å². The molecule has 1 aromatic carbocycles. The summed E-state index contributed by atoms with van der Waals surface area (Å²) in [5.74, 6) is -0.559. The van der Waals surface area contributed by atoms with Crippen molar-refractivity contribution in [3.05, 3.63) is 39.7 Å². The first kappa shape index (κ1) is 13.9. The van der Waals surface area contributed by atoms with E-state index >= 15 is 0 Å². The molecule has 0 radical (unpaired) electrons. The average molecular weight is 266 g/mol. The van der Waals surface area contributed by atoms with Gasteiger partial charge in [-0.3, -0.25) is 10.1 Å². The molecule has 1 unspecified atom stereocenters. The van der Waals surface area contributed by atoms with Gasteiger partial charge in [-0.05, 0) is 29.9 Å². The van der Waals surface area contributed by atoms with Crippen molar-refractivity contribution in [3.8, 4) is 0 Å². The van der Waals surface area contributed by atoms with Crippen molar-refractivity contribution in [1.82, 2.24) is 5.32 Å². The Balaban J connectivity index is 2.05. The Morgan fingerprint density at radius 3 is 2.79 bits per heavy atom. The lowest BCUT2D eigenvalue weighted by atomic mass is 9.87. The van der Waals surface area contributed by atoms with Crippen molar-refractivity contribution in [2.75, 3.05) is 0 Å². The minimum absolute atomic E-state index is 0.192. The summed E-state index contributed by atoms with van der Waals surface area (Å²) in [6, 6.07) is 4.11. The summed E-state index contributed by atoms with van der Waals surface area (Å²) in [5.41, 5.74) is 0.663. The number of nitro benzene ring substituents is 1. The average Bonchev–Trinajstić information content (AvgIpc) is 2.65. The molecule has 0 bridgehead atoms. The molecular formula is C14H19FN2O2. The summed E-state index contributed by atoms with van der Waals surface area (Å²) in [4.78, 5) is 10.1. The Hall–Kier alpha value is -1.49. The van der Waals surface area contributed by atoms with E-state index < -0.39 is 10.7 Å². The molecule has 0 saturated heterocycles. The topological polar surface area (TPSA) is 55.2 Å². The van der Waals surface area contributed by atoms with Crippen LogP contribution in [-0.4, -0.2) is 11.0 Å². The fourth-order valence-electron chi connectivity index (χ4n) is 2.79. The lowest BCUT2D eigenvalue weighted by molar-refractivity contribution is -0.385. The van der Waals surface area contributed by atoms with Gasteiger partial charge in [-0.25, -0.2) is 4.39 Å². The summed E-state index contributed by atoms with van der Waals surface area (Å²) in [6.45, 7) is 4.89. The number of halogens is 1. The van der Waals surface area contributed by atoms with Crippen molar-refractivity contribution in [1.29, 1.82) is 0 Å². The van der Waals surface area contributed by atoms with Crippen LogP contribution in [0.25, 0.3) is 0 Å². The first-order valence-electron chi connectivity index (χ1n) is 6.56. The molecule has 1 saturated carbocycles. The van der Waals surface area contributed by atoms with Crippen LogP contribution < -0.4 is 5.32 Å². The van der Waals surface area contributed by atoms with E-state index in [9.17, 15) is 14.5 Å². The molecule has 1 atom stereocenters. The van der Waals surface area contributed by atoms with Crippen molar-refractivity contribution >= 4 is 5.69 Å². The van der Waals surface area contributed by atoms with Gasteiger partial charge in [0.2, 0.25) is 0 Å². The second-order valence-electron chi connectivity index (χ2n) is 5.89. The van der Waals surface area contributed by atoms with Crippen molar-refractivity contribution in [2.24, 2.45) is 5.41 Å². The second-order valence-corrected chi connectivity index (χ2v) is 5.89. The third kappa shape index (κ3) is 3.29. The second kappa shape index (κ2) is 5.25. The molecule has 19 heavy (non-hydrogen) atoms. The van der Waals surface area contributed by atoms with Gasteiger partial charge in [-0.1, -0.05) is 20.3 Å². The number of hydrogen-bond acceptors (Lipinski definition) is 3. The third-order valence-corrected chi connectivity index (χ3v) is 3.96. The molecule has 1 aliphatic rings. The van der Waals surface area contributed by atoms with Crippen LogP contribution in [0.4, 0.5) is 10.1 Å². The maximum Gasteiger partial charge on any atom is 0.272 e. The number of nitrogens with one attached hydrogen (secondary N) is 1. The van der Waals surface area contributed by atoms with Crippen LogP contribution in [0, 0.1) is 21.3 Å². The minimum atomic E-state index is -0.563. The maximum absolute atomic E-state index is 13.3. The molecule has 104 valence electrons. The van der Waals surface area contributed by atoms with E-state index in [0.717, 1.165) is 12.5 Å². The molecule has 1 aromatic rings. The smallest absolute Gasteiger partial charge is 0.272 e. The van der Waals surface area contributed by atoms with Crippen LogP contribution in [-0.2, 0) is 6.54 Å². The molecule has 4 nitrogen and oxygen atoms in total. The highest BCUT2D eigenvalue weighted by Gasteiger charge is 2.33. The molecule has 1 aliphatic carbocycles. The van der Waals surface area contributed by atoms with Crippen LogP contribution >= 0.6 is 0 Å². The summed E-state index contributed by atoms with van der Waals surface area (Å²) < 4.78 is 13.3. The zero-order chi connectivity index (χ0) is 14.0. The molecule has 0 spiro atoms. The lowest BCUT2D eigenvalue weighted by Gasteiger charge is -2.28. The van der Waals surface area contributed by atoms with Crippen molar-refractivity contribution < 1.29 is 9.31 Å². The predicted octanol–water partition coefficient (Wildman–Crippen LogP) is 3.40. The molecule has 1 fully saturated rings. The van der Waals surface area contributed by atoms with Crippen molar-refractivity contribution in [3.63, 3.8) is 0 Å². The number of non-ortho nitro benzene ring substituents is 1. The van der Waals surface area contributed by atoms with Gasteiger partial charge in [0.1, 0.15) is 5.82 Å². The standard InChI is InChI=1S/C14H19FN2O2/c1-14(2)5-3-4-13(14)16-9-10-6-11(15)8-12(7-10)17(18)19/h6-8,13,16H,3-5,9H2,1-2H3. The van der Waals surface area contributed by atoms with Crippen LogP contribution in [0.5, 0.6) is 0 Å². The predicted molar refractivity (Wildman–Crippen MR) is 71.3 cm³/mol. The number of hydrogen-bond donors (Lipinski definition) is 1. The first-order chi connectivity index (χ1) is 8.88. The number of nitro groups is 1. The van der Waals surface area contributed by atoms with E-state index in [2.05, 4.69) is 19.2 Å². The first-order valence-corrected chi connectivity index (χ1v) is 6.56. The number of rotatable bonds is 4. The van der Waals surface area contributed by atoms with E-state index in [1.54, 1.807) is 0 Å². The fourth-order valence-corrected chi connectivity index (χ4v) is 2.79. The van der Waals surface area contributed by atoms with E-state index in [-0.39, 0.29) is 11.1 Å². The molecule has 0 amide bonds. The number of benzene rings is 1. The summed E-state index contributed by atoms with van der Waals surface area (Å²) in [7, 11) is 0. The third-order valence-electron chi connectivity index (χ3n) is 3.96. The fraction of sp³-hybridized carbons (Fsp3) is 0.571. The highest BCUT2D eigenvalue weighted by atomic mass is 19.1. The Bertz CT molecular complexity index is 488. The van der Waals surface area contributed by atoms with Gasteiger partial charge in [-0.15, -0.1) is 0 Å². The highest BCUT2D eigenvalue weighted by molar-refractivity contribution is 5.35. The van der Waals surface area contributed by atoms with Crippen LogP contribution in [0.3, 0.4) is 0 Å². The zero-order valence-corrected chi connectivity index (χ0v) is 11.3. The summed E-state index contributed by atoms with van der Waals surface area (Å²) in [6.07, 6.45) is 3.46. The Labute approximate surface area is 112 Å². The molecule has 1 N–H and O–H groups in total. The van der Waals surface area contributed by atoms with Crippen LogP contribution in [0.2, 0.25) is 0 Å². The van der Waals surface area contributed by atoms with Gasteiger partial charge < -0.3 is 5.32 Å². The Morgan fingerprint density at radius 2 is 2.21 bits per heavy atom. The zero-order valence-electron chi connectivity index (χ0n) is 11.3. The van der Waals surface area contributed by atoms with Gasteiger partial charge >= 0.3 is 0 Å².